The van der Waals surface area contributed by atoms with Crippen LogP contribution >= 0.6 is 39.1 Å². The summed E-state index contributed by atoms with van der Waals surface area (Å²) in [5, 5.41) is 9.41. The molecule has 0 atom stereocenters. The number of piperidine rings is 1. The number of carbonyl (C=O) groups is 1. The minimum Gasteiger partial charge on any atom is -0.510 e. The van der Waals surface area contributed by atoms with E-state index in [0.717, 1.165) is 10.0 Å². The summed E-state index contributed by atoms with van der Waals surface area (Å²) in [5.74, 6) is -0.388. The maximum atomic E-state index is 12.4. The number of rotatable bonds is 6. The molecule has 0 aliphatic carbocycles. The number of allylic oxidation sites excluding steroid dienone is 4. The Labute approximate surface area is 202 Å². The third-order valence-corrected chi connectivity index (χ3v) is 6.95. The highest BCUT2D eigenvalue weighted by atomic mass is 79.9. The standard InChI is InChI=1S/C17H22BrClN2O5S.C3H5Cl/c1-12-10-26-17(23)21(16(12)4-3-13(2)18)14-5-7-20(8-6-14)27(24,25)11-15(22)9-19;1-2-3-4/h3-4,9,14,22H,1,5-8,10-11H2,2H3;2H,1,3H2/b13-3+,15-9-,16-4+;. The number of halogens is 3. The van der Waals surface area contributed by atoms with Crippen molar-refractivity contribution in [3.63, 3.8) is 0 Å². The molecule has 0 spiro atoms. The summed E-state index contributed by atoms with van der Waals surface area (Å²) in [6.45, 7) is 9.79. The van der Waals surface area contributed by atoms with Gasteiger partial charge in [-0.25, -0.2) is 17.5 Å². The predicted octanol–water partition coefficient (Wildman–Crippen LogP) is 5.02. The van der Waals surface area contributed by atoms with Crippen molar-refractivity contribution in [2.75, 3.05) is 31.3 Å². The normalized spacial score (nSPS) is 20.9. The summed E-state index contributed by atoms with van der Waals surface area (Å²) in [6.07, 6.45) is 5.70. The van der Waals surface area contributed by atoms with E-state index in [-0.39, 0.29) is 25.7 Å². The van der Waals surface area contributed by atoms with Gasteiger partial charge in [-0.05, 0) is 30.3 Å². The molecule has 0 saturated carbocycles. The molecule has 2 saturated heterocycles. The quantitative estimate of drug-likeness (QED) is 0.281. The maximum Gasteiger partial charge on any atom is 0.414 e. The Kier molecular flexibility index (Phi) is 11.9. The third kappa shape index (κ3) is 8.65. The summed E-state index contributed by atoms with van der Waals surface area (Å²) >= 11 is 13.8. The van der Waals surface area contributed by atoms with E-state index in [9.17, 15) is 18.3 Å². The van der Waals surface area contributed by atoms with Crippen molar-refractivity contribution in [2.45, 2.75) is 25.8 Å². The zero-order valence-corrected chi connectivity index (χ0v) is 21.2. The molecule has 0 unspecified atom stereocenters. The highest BCUT2D eigenvalue weighted by Gasteiger charge is 2.37. The zero-order chi connectivity index (χ0) is 23.6. The number of carbonyl (C=O) groups excluding carboxylic acids is 1. The first kappa shape index (κ1) is 27.8. The van der Waals surface area contributed by atoms with Gasteiger partial charge in [0.1, 0.15) is 18.1 Å². The van der Waals surface area contributed by atoms with Gasteiger partial charge in [0.05, 0.1) is 5.70 Å². The molecule has 2 fully saturated rings. The second kappa shape index (κ2) is 13.3. The number of hydrogen-bond donors (Lipinski definition) is 1. The summed E-state index contributed by atoms with van der Waals surface area (Å²) in [5.41, 5.74) is 2.21. The molecule has 0 bridgehead atoms. The fourth-order valence-electron chi connectivity index (χ4n) is 2.99. The Morgan fingerprint density at radius 3 is 2.45 bits per heavy atom. The lowest BCUT2D eigenvalue weighted by atomic mass is 10.0. The molecule has 2 aliphatic heterocycles. The van der Waals surface area contributed by atoms with Crippen LogP contribution in [-0.2, 0) is 14.8 Å². The van der Waals surface area contributed by atoms with Gasteiger partial charge in [0.25, 0.3) is 0 Å². The lowest BCUT2D eigenvalue weighted by Gasteiger charge is -2.40. The van der Waals surface area contributed by atoms with Crippen molar-refractivity contribution < 1.29 is 23.1 Å². The van der Waals surface area contributed by atoms with Crippen molar-refractivity contribution >= 4 is 55.2 Å². The highest BCUT2D eigenvalue weighted by Crippen LogP contribution is 2.30. The van der Waals surface area contributed by atoms with E-state index in [1.165, 1.54) is 4.31 Å². The average Bonchev–Trinajstić information content (AvgIpc) is 2.74. The Hall–Kier alpha value is -1.26. The Bertz CT molecular complexity index is 859. The van der Waals surface area contributed by atoms with Crippen LogP contribution in [0.1, 0.15) is 19.8 Å². The first-order chi connectivity index (χ1) is 14.6. The fraction of sp³-hybridized carbons (Fsp3) is 0.450. The number of nitrogens with zero attached hydrogens (tertiary/aromatic N) is 2. The Morgan fingerprint density at radius 2 is 1.97 bits per heavy atom. The van der Waals surface area contributed by atoms with Gasteiger partial charge in [-0.15, -0.1) is 18.2 Å². The van der Waals surface area contributed by atoms with Crippen LogP contribution in [0, 0.1) is 0 Å². The molecule has 2 aliphatic rings. The first-order valence-electron chi connectivity index (χ1n) is 9.38. The molecular formula is C20H27BrCl2N2O5S. The molecule has 0 aromatic rings. The lowest BCUT2D eigenvalue weighted by molar-refractivity contribution is 0.0821. The molecular weight excluding hydrogens is 531 g/mol. The highest BCUT2D eigenvalue weighted by molar-refractivity contribution is 9.11. The van der Waals surface area contributed by atoms with E-state index >= 15 is 0 Å². The van der Waals surface area contributed by atoms with Crippen LogP contribution in [0.5, 0.6) is 0 Å². The molecule has 0 radical (unpaired) electrons. The fourth-order valence-corrected chi connectivity index (χ4v) is 4.69. The van der Waals surface area contributed by atoms with Crippen LogP contribution < -0.4 is 0 Å². The van der Waals surface area contributed by atoms with Crippen molar-refractivity contribution in [3.05, 3.63) is 58.4 Å². The largest absolute Gasteiger partial charge is 0.510 e. The molecule has 2 heterocycles. The summed E-state index contributed by atoms with van der Waals surface area (Å²) in [6, 6.07) is -0.201. The first-order valence-corrected chi connectivity index (χ1v) is 12.8. The number of sulfonamides is 1. The van der Waals surface area contributed by atoms with Gasteiger partial charge in [-0.2, -0.15) is 0 Å². The van der Waals surface area contributed by atoms with Gasteiger partial charge in [0.2, 0.25) is 10.0 Å². The van der Waals surface area contributed by atoms with Crippen LogP contribution in [0.25, 0.3) is 0 Å². The van der Waals surface area contributed by atoms with E-state index in [0.29, 0.717) is 30.0 Å². The summed E-state index contributed by atoms with van der Waals surface area (Å²) < 4.78 is 32.0. The minimum absolute atomic E-state index is 0.133. The van der Waals surface area contributed by atoms with E-state index < -0.39 is 27.6 Å². The number of ether oxygens (including phenoxy) is 1. The number of alkyl halides is 1. The van der Waals surface area contributed by atoms with Crippen LogP contribution in [0.3, 0.4) is 0 Å². The summed E-state index contributed by atoms with van der Waals surface area (Å²) in [4.78, 5) is 13.9. The van der Waals surface area contributed by atoms with Crippen LogP contribution in [0.15, 0.2) is 58.4 Å². The topological polar surface area (TPSA) is 87.2 Å². The molecule has 2 rings (SSSR count). The molecule has 174 valence electrons. The molecule has 0 aromatic carbocycles. The van der Waals surface area contributed by atoms with Gasteiger partial charge in [0.15, 0.2) is 0 Å². The van der Waals surface area contributed by atoms with Gasteiger partial charge in [-0.1, -0.05) is 46.3 Å². The average molecular weight is 558 g/mol. The molecule has 1 amide bonds. The van der Waals surface area contributed by atoms with Gasteiger partial charge in [-0.3, -0.25) is 4.90 Å². The molecule has 31 heavy (non-hydrogen) atoms. The van der Waals surface area contributed by atoms with E-state index in [2.05, 4.69) is 29.1 Å². The molecule has 7 nitrogen and oxygen atoms in total. The number of aliphatic hydroxyl groups is 1. The summed E-state index contributed by atoms with van der Waals surface area (Å²) in [7, 11) is -3.66. The minimum atomic E-state index is -3.66. The predicted molar refractivity (Wildman–Crippen MR) is 129 cm³/mol. The third-order valence-electron chi connectivity index (χ3n) is 4.41. The second-order valence-corrected chi connectivity index (χ2v) is 10.5. The Balaban J connectivity index is 0.00000110. The molecule has 11 heteroatoms. The maximum absolute atomic E-state index is 12.4. The van der Waals surface area contributed by atoms with Crippen molar-refractivity contribution in [2.24, 2.45) is 0 Å². The molecule has 1 N–H and O–H groups in total. The molecule has 0 aromatic heterocycles. The van der Waals surface area contributed by atoms with E-state index in [1.807, 2.05) is 13.0 Å². The van der Waals surface area contributed by atoms with Crippen molar-refractivity contribution in [1.29, 1.82) is 0 Å². The lowest BCUT2D eigenvalue weighted by Crippen LogP contribution is -2.50. The smallest absolute Gasteiger partial charge is 0.414 e. The van der Waals surface area contributed by atoms with Crippen molar-refractivity contribution in [3.8, 4) is 0 Å². The van der Waals surface area contributed by atoms with Crippen LogP contribution in [0.4, 0.5) is 4.79 Å². The van der Waals surface area contributed by atoms with Crippen LogP contribution in [-0.4, -0.2) is 66.2 Å². The number of aliphatic hydroxyl groups excluding tert-OH is 1. The van der Waals surface area contributed by atoms with Crippen molar-refractivity contribution in [1.82, 2.24) is 9.21 Å². The monoisotopic (exact) mass is 556 g/mol. The van der Waals surface area contributed by atoms with E-state index in [1.54, 1.807) is 17.1 Å². The Morgan fingerprint density at radius 1 is 1.39 bits per heavy atom. The van der Waals surface area contributed by atoms with E-state index in [4.69, 9.17) is 27.9 Å². The number of amides is 1. The number of hydrogen-bond acceptors (Lipinski definition) is 5. The zero-order valence-electron chi connectivity index (χ0n) is 17.3. The van der Waals surface area contributed by atoms with Gasteiger partial charge < -0.3 is 9.84 Å². The van der Waals surface area contributed by atoms with Gasteiger partial charge in [0, 0.05) is 36.1 Å². The SMILES string of the molecule is C=C1COC(=O)N(C2CCN(S(=O)(=O)C/C(O)=C/Cl)CC2)/C1=C/C=C(\C)Br.C=CCCl. The number of cyclic esters (lactones) is 1. The van der Waals surface area contributed by atoms with Gasteiger partial charge >= 0.3 is 6.09 Å². The van der Waals surface area contributed by atoms with Crippen LogP contribution in [0.2, 0.25) is 0 Å². The second-order valence-electron chi connectivity index (χ2n) is 6.76.